The number of piperidine rings is 2. The minimum absolute atomic E-state index is 0.169. The molecule has 0 spiro atoms. The van der Waals surface area contributed by atoms with Gasteiger partial charge in [0.1, 0.15) is 16.6 Å². The van der Waals surface area contributed by atoms with Gasteiger partial charge in [-0.05, 0) is 61.7 Å². The molecule has 3 aromatic rings. The van der Waals surface area contributed by atoms with Crippen LogP contribution in [0, 0.1) is 18.8 Å². The number of rotatable bonds is 5. The summed E-state index contributed by atoms with van der Waals surface area (Å²) in [6.45, 7) is 4.68. The summed E-state index contributed by atoms with van der Waals surface area (Å²) >= 11 is 1.55. The Hall–Kier alpha value is -2.82. The Bertz CT molecular complexity index is 1180. The van der Waals surface area contributed by atoms with Crippen molar-refractivity contribution in [2.75, 3.05) is 23.3 Å². The molecule has 0 amide bonds. The van der Waals surface area contributed by atoms with E-state index in [1.54, 1.807) is 29.7 Å². The van der Waals surface area contributed by atoms with Crippen LogP contribution in [0.5, 0.6) is 5.75 Å². The lowest BCUT2D eigenvalue weighted by molar-refractivity contribution is -0.275. The number of nitrogens with one attached hydrogen (secondary N) is 1. The first-order valence-corrected chi connectivity index (χ1v) is 12.4. The average Bonchev–Trinajstić information content (AvgIpc) is 3.42. The molecule has 5 heterocycles. The number of ether oxygens (including phenoxy) is 1. The number of hydrogen-bond acceptors (Lipinski definition) is 7. The second kappa shape index (κ2) is 8.14. The van der Waals surface area contributed by atoms with E-state index in [1.807, 2.05) is 11.6 Å². The van der Waals surface area contributed by atoms with Crippen LogP contribution in [0.1, 0.15) is 42.3 Å². The van der Waals surface area contributed by atoms with Crippen LogP contribution in [0.4, 0.5) is 24.1 Å². The van der Waals surface area contributed by atoms with E-state index in [4.69, 9.17) is 4.98 Å². The zero-order chi connectivity index (χ0) is 23.4. The van der Waals surface area contributed by atoms with Gasteiger partial charge < -0.3 is 15.0 Å². The molecule has 34 heavy (non-hydrogen) atoms. The summed E-state index contributed by atoms with van der Waals surface area (Å²) in [5, 5.41) is 9.44. The van der Waals surface area contributed by atoms with E-state index in [0.717, 1.165) is 25.2 Å². The van der Waals surface area contributed by atoms with Crippen LogP contribution in [0.2, 0.25) is 0 Å². The van der Waals surface area contributed by atoms with Crippen LogP contribution in [-0.4, -0.2) is 44.6 Å². The summed E-state index contributed by atoms with van der Waals surface area (Å²) in [7, 11) is 0. The van der Waals surface area contributed by atoms with Crippen LogP contribution in [0.15, 0.2) is 30.3 Å². The van der Waals surface area contributed by atoms with Crippen LogP contribution in [-0.2, 0) is 6.54 Å². The highest BCUT2D eigenvalue weighted by Gasteiger charge is 2.47. The second-order valence-electron chi connectivity index (χ2n) is 9.43. The summed E-state index contributed by atoms with van der Waals surface area (Å²) in [5.41, 5.74) is 1.55. The predicted octanol–water partition coefficient (Wildman–Crippen LogP) is 4.80. The first-order valence-electron chi connectivity index (χ1n) is 11.6. The maximum Gasteiger partial charge on any atom is 0.573 e. The van der Waals surface area contributed by atoms with Crippen molar-refractivity contribution in [3.05, 3.63) is 47.4 Å². The molecule has 2 unspecified atom stereocenters. The van der Waals surface area contributed by atoms with E-state index in [2.05, 4.69) is 30.5 Å². The summed E-state index contributed by atoms with van der Waals surface area (Å²) in [6.07, 6.45) is -2.03. The zero-order valence-corrected chi connectivity index (χ0v) is 19.4. The third-order valence-electron chi connectivity index (χ3n) is 7.15. The molecule has 2 saturated heterocycles. The number of anilines is 2. The number of hydrogen-bond donors (Lipinski definition) is 1. The van der Waals surface area contributed by atoms with Gasteiger partial charge in [0, 0.05) is 37.2 Å². The van der Waals surface area contributed by atoms with Gasteiger partial charge in [0.15, 0.2) is 0 Å². The van der Waals surface area contributed by atoms with Crippen molar-refractivity contribution in [2.45, 2.75) is 51.1 Å². The van der Waals surface area contributed by atoms with Gasteiger partial charge in [-0.3, -0.25) is 0 Å². The van der Waals surface area contributed by atoms with Gasteiger partial charge in [-0.25, -0.2) is 4.68 Å². The molecule has 1 aromatic carbocycles. The first kappa shape index (κ1) is 21.7. The fourth-order valence-electron chi connectivity index (χ4n) is 5.64. The van der Waals surface area contributed by atoms with Gasteiger partial charge in [0.05, 0.1) is 5.69 Å². The molecule has 7 nitrogen and oxygen atoms in total. The highest BCUT2D eigenvalue weighted by molar-refractivity contribution is 7.10. The van der Waals surface area contributed by atoms with E-state index in [1.165, 1.54) is 17.5 Å². The molecule has 1 saturated carbocycles. The van der Waals surface area contributed by atoms with Crippen molar-refractivity contribution in [2.24, 2.45) is 11.8 Å². The lowest BCUT2D eigenvalue weighted by Crippen LogP contribution is -2.61. The van der Waals surface area contributed by atoms with E-state index in [-0.39, 0.29) is 11.7 Å². The topological polar surface area (TPSA) is 68.1 Å². The third-order valence-corrected chi connectivity index (χ3v) is 8.09. The van der Waals surface area contributed by atoms with Gasteiger partial charge in [-0.15, -0.1) is 18.3 Å². The molecule has 3 fully saturated rings. The van der Waals surface area contributed by atoms with Crippen molar-refractivity contribution in [3.8, 4) is 5.75 Å². The molecule has 4 atom stereocenters. The molecule has 180 valence electrons. The number of aromatic nitrogens is 4. The highest BCUT2D eigenvalue weighted by atomic mass is 32.1. The summed E-state index contributed by atoms with van der Waals surface area (Å²) in [6, 6.07) is 8.80. The largest absolute Gasteiger partial charge is 0.573 e. The Kier molecular flexibility index (Phi) is 5.20. The minimum atomic E-state index is -4.74. The molecule has 2 aromatic heterocycles. The molecule has 7 rings (SSSR count). The average molecular weight is 491 g/mol. The number of halogens is 3. The van der Waals surface area contributed by atoms with Crippen molar-refractivity contribution in [1.29, 1.82) is 0 Å². The Balaban J connectivity index is 1.19. The Morgan fingerprint density at radius 1 is 1.18 bits per heavy atom. The highest BCUT2D eigenvalue weighted by Crippen LogP contribution is 2.44. The predicted molar refractivity (Wildman–Crippen MR) is 122 cm³/mol. The summed E-state index contributed by atoms with van der Waals surface area (Å²) in [4.78, 5) is 7.18. The van der Waals surface area contributed by atoms with Crippen molar-refractivity contribution < 1.29 is 17.9 Å². The van der Waals surface area contributed by atoms with E-state index >= 15 is 0 Å². The lowest BCUT2D eigenvalue weighted by atomic mass is 9.66. The normalized spacial score (nSPS) is 26.1. The lowest BCUT2D eigenvalue weighted by Gasteiger charge is -2.53. The number of benzene rings is 1. The Labute approximate surface area is 199 Å². The number of para-hydroxylation sites is 1. The van der Waals surface area contributed by atoms with Gasteiger partial charge >= 0.3 is 6.36 Å². The molecule has 2 bridgehead atoms. The number of nitrogens with zero attached hydrogens (tertiary/aromatic N) is 5. The van der Waals surface area contributed by atoms with Crippen molar-refractivity contribution in [3.63, 3.8) is 0 Å². The van der Waals surface area contributed by atoms with Gasteiger partial charge in [-0.1, -0.05) is 18.2 Å². The molecule has 0 radical (unpaired) electrons. The Morgan fingerprint density at radius 2 is 1.97 bits per heavy atom. The third kappa shape index (κ3) is 3.99. The second-order valence-corrected chi connectivity index (χ2v) is 10.2. The maximum atomic E-state index is 13.0. The number of alkyl halides is 3. The molecule has 1 aliphatic carbocycles. The summed E-state index contributed by atoms with van der Waals surface area (Å²) < 4.78 is 49.4. The van der Waals surface area contributed by atoms with Gasteiger partial charge in [0.2, 0.25) is 5.95 Å². The van der Waals surface area contributed by atoms with Gasteiger partial charge in [-0.2, -0.15) is 9.36 Å². The molecule has 3 aliphatic heterocycles. The van der Waals surface area contributed by atoms with Crippen LogP contribution in [0.3, 0.4) is 0 Å². The molecular formula is C23H25F3N6OS. The summed E-state index contributed by atoms with van der Waals surface area (Å²) in [5.74, 6) is 1.83. The molecule has 4 aliphatic rings. The molecular weight excluding hydrogens is 465 g/mol. The number of fused-ring (bicyclic) bond motifs is 3. The fourth-order valence-corrected chi connectivity index (χ4v) is 6.42. The monoisotopic (exact) mass is 490 g/mol. The van der Waals surface area contributed by atoms with E-state index < -0.39 is 6.36 Å². The minimum Gasteiger partial charge on any atom is -0.405 e. The maximum absolute atomic E-state index is 13.0. The molecule has 1 N–H and O–H groups in total. The zero-order valence-electron chi connectivity index (χ0n) is 18.6. The standard InChI is InChI=1S/C23H25F3N6OS/c1-13-9-19(34-30-13)31-11-14-10-15(12-31)20(14)27-22-28-21-17(6-4-8-32(21)29-22)16-5-2-3-7-18(16)33-23(24,25)26/h2-3,5,7,9,14-15,17,20H,4,6,8,10-12H2,1H3,(H,27,29)/t14-,15+,17?,20?. The quantitative estimate of drug-likeness (QED) is 0.554. The van der Waals surface area contributed by atoms with Gasteiger partial charge in [0.25, 0.3) is 0 Å². The Morgan fingerprint density at radius 3 is 2.71 bits per heavy atom. The molecule has 11 heteroatoms. The SMILES string of the molecule is Cc1cc(N2C[C@H]3C[C@@H](C2)C3Nc2nc3n(n2)CCCC3c2ccccc2OC(F)(F)F)sn1. The van der Waals surface area contributed by atoms with Crippen LogP contribution >= 0.6 is 11.5 Å². The number of aryl methyl sites for hydroxylation is 2. The van der Waals surface area contributed by atoms with E-state index in [9.17, 15) is 13.2 Å². The fraction of sp³-hybridized carbons (Fsp3) is 0.522. The first-order chi connectivity index (χ1) is 16.3. The van der Waals surface area contributed by atoms with Crippen LogP contribution in [0.25, 0.3) is 0 Å². The van der Waals surface area contributed by atoms with Crippen LogP contribution < -0.4 is 15.0 Å². The van der Waals surface area contributed by atoms with Crippen molar-refractivity contribution in [1.82, 2.24) is 19.1 Å². The van der Waals surface area contributed by atoms with Crippen molar-refractivity contribution >= 4 is 22.5 Å². The van der Waals surface area contributed by atoms with E-state index in [0.29, 0.717) is 48.2 Å². The smallest absolute Gasteiger partial charge is 0.405 e.